The number of aromatic nitrogens is 3. The molecule has 0 radical (unpaired) electrons. The van der Waals surface area contributed by atoms with Gasteiger partial charge >= 0.3 is 0 Å². The lowest BCUT2D eigenvalue weighted by atomic mass is 10.2. The number of ketones is 1. The zero-order chi connectivity index (χ0) is 19.6. The number of hydrogen-bond donors (Lipinski definition) is 1. The summed E-state index contributed by atoms with van der Waals surface area (Å²) < 4.78 is 4.82. The molecular formula is C20H21N4O3+. The second-order valence-electron chi connectivity index (χ2n) is 6.31. The van der Waals surface area contributed by atoms with E-state index in [4.69, 9.17) is 0 Å². The molecule has 1 aromatic carbocycles. The quantitative estimate of drug-likeness (QED) is 0.551. The average Bonchev–Trinajstić information content (AvgIpc) is 2.86. The molecule has 0 unspecified atom stereocenters. The predicted molar refractivity (Wildman–Crippen MR) is 101 cm³/mol. The van der Waals surface area contributed by atoms with Crippen LogP contribution in [-0.4, -0.2) is 21.1 Å². The average molecular weight is 365 g/mol. The minimum Gasteiger partial charge on any atom is -0.314 e. The largest absolute Gasteiger partial charge is 0.314 e. The van der Waals surface area contributed by atoms with E-state index in [1.807, 2.05) is 30.3 Å². The summed E-state index contributed by atoms with van der Waals surface area (Å²) in [6, 6.07) is 12.6. The van der Waals surface area contributed by atoms with Crippen LogP contribution in [0.15, 0.2) is 59.7 Å². The van der Waals surface area contributed by atoms with Crippen molar-refractivity contribution in [2.75, 3.05) is 5.32 Å². The lowest BCUT2D eigenvalue weighted by Gasteiger charge is -2.07. The van der Waals surface area contributed by atoms with Gasteiger partial charge in [-0.05, 0) is 32.0 Å². The Kier molecular flexibility index (Phi) is 5.03. The smallest absolute Gasteiger partial charge is 0.295 e. The van der Waals surface area contributed by atoms with Crippen molar-refractivity contribution >= 4 is 17.4 Å². The Labute approximate surface area is 156 Å². The number of para-hydroxylation sites is 1. The van der Waals surface area contributed by atoms with Gasteiger partial charge in [-0.3, -0.25) is 19.1 Å². The molecule has 1 N–H and O–H groups in total. The fourth-order valence-electron chi connectivity index (χ4n) is 2.89. The van der Waals surface area contributed by atoms with Crippen molar-refractivity contribution < 1.29 is 14.2 Å². The monoisotopic (exact) mass is 365 g/mol. The molecule has 1 amide bonds. The third-order valence-electron chi connectivity index (χ3n) is 4.41. The molecule has 0 spiro atoms. The fourth-order valence-corrected chi connectivity index (χ4v) is 2.89. The van der Waals surface area contributed by atoms with Crippen molar-refractivity contribution in [1.29, 1.82) is 0 Å². The number of rotatable bonds is 5. The normalized spacial score (nSPS) is 10.6. The number of nitrogens with one attached hydrogen (secondary N) is 1. The van der Waals surface area contributed by atoms with Gasteiger partial charge in [0.15, 0.2) is 18.2 Å². The number of pyridine rings is 1. The number of benzene rings is 1. The van der Waals surface area contributed by atoms with Crippen LogP contribution in [0.1, 0.15) is 23.0 Å². The molecule has 0 bridgehead atoms. The topological polar surface area (TPSA) is 77.0 Å². The summed E-state index contributed by atoms with van der Waals surface area (Å²) in [6.45, 7) is 3.25. The highest BCUT2D eigenvalue weighted by Gasteiger charge is 2.20. The summed E-state index contributed by atoms with van der Waals surface area (Å²) in [5.41, 5.74) is 1.84. The van der Waals surface area contributed by atoms with Crippen LogP contribution < -0.4 is 15.4 Å². The molecule has 0 aliphatic heterocycles. The molecule has 138 valence electrons. The molecular weight excluding hydrogens is 344 g/mol. The number of anilines is 1. The van der Waals surface area contributed by atoms with Crippen LogP contribution in [0.2, 0.25) is 0 Å². The Morgan fingerprint density at radius 1 is 1.11 bits per heavy atom. The van der Waals surface area contributed by atoms with Gasteiger partial charge in [-0.2, -0.15) is 4.57 Å². The lowest BCUT2D eigenvalue weighted by molar-refractivity contribution is -0.684. The number of Topliss-reactive ketones (excluding diaryl/α,β-unsaturated/α-hetero) is 1. The van der Waals surface area contributed by atoms with E-state index < -0.39 is 0 Å². The molecule has 27 heavy (non-hydrogen) atoms. The molecule has 0 atom stereocenters. The van der Waals surface area contributed by atoms with E-state index in [9.17, 15) is 14.4 Å². The number of carbonyl (C=O) groups excluding carboxylic acids is 2. The third kappa shape index (κ3) is 3.72. The highest BCUT2D eigenvalue weighted by molar-refractivity contribution is 5.93. The highest BCUT2D eigenvalue weighted by atomic mass is 16.2. The Hall–Kier alpha value is -3.48. The van der Waals surface area contributed by atoms with Crippen molar-refractivity contribution in [1.82, 2.24) is 9.36 Å². The van der Waals surface area contributed by atoms with E-state index in [1.165, 1.54) is 11.6 Å². The van der Waals surface area contributed by atoms with Gasteiger partial charge < -0.3 is 5.32 Å². The number of nitrogens with zero attached hydrogens (tertiary/aromatic N) is 3. The predicted octanol–water partition coefficient (Wildman–Crippen LogP) is 1.61. The van der Waals surface area contributed by atoms with Crippen LogP contribution in [0.5, 0.6) is 0 Å². The highest BCUT2D eigenvalue weighted by Crippen LogP contribution is 2.13. The maximum atomic E-state index is 12.8. The van der Waals surface area contributed by atoms with E-state index in [2.05, 4.69) is 5.32 Å². The standard InChI is InChI=1S/C20H20N4O3/c1-14-19(20(27)24(22(14)3)17-9-5-4-6-10-17)21-18(26)13-23-11-7-8-16(12-23)15(2)25/h4-12H,13H2,1-3H3/p+1. The second kappa shape index (κ2) is 7.41. The van der Waals surface area contributed by atoms with Gasteiger partial charge in [0, 0.05) is 13.1 Å². The maximum Gasteiger partial charge on any atom is 0.295 e. The summed E-state index contributed by atoms with van der Waals surface area (Å²) in [5.74, 6) is -0.416. The first-order chi connectivity index (χ1) is 12.9. The molecule has 0 saturated carbocycles. The van der Waals surface area contributed by atoms with Crippen LogP contribution in [0.25, 0.3) is 5.69 Å². The Morgan fingerprint density at radius 2 is 1.81 bits per heavy atom. The molecule has 0 aliphatic rings. The first kappa shape index (κ1) is 18.3. The molecule has 3 aromatic rings. The van der Waals surface area contributed by atoms with Crippen molar-refractivity contribution in [3.05, 3.63) is 76.5 Å². The van der Waals surface area contributed by atoms with Crippen molar-refractivity contribution in [2.24, 2.45) is 7.05 Å². The first-order valence-corrected chi connectivity index (χ1v) is 8.52. The third-order valence-corrected chi connectivity index (χ3v) is 4.41. The molecule has 0 saturated heterocycles. The van der Waals surface area contributed by atoms with Gasteiger partial charge in [-0.1, -0.05) is 18.2 Å². The van der Waals surface area contributed by atoms with Gasteiger partial charge in [0.2, 0.25) is 6.54 Å². The minimum atomic E-state index is -0.341. The summed E-state index contributed by atoms with van der Waals surface area (Å²) in [5, 5.41) is 2.71. The molecule has 3 rings (SSSR count). The molecule has 2 heterocycles. The molecule has 2 aromatic heterocycles. The minimum absolute atomic E-state index is 0.000229. The molecule has 7 heteroatoms. The Bertz CT molecular complexity index is 1060. The van der Waals surface area contributed by atoms with Gasteiger partial charge in [-0.15, -0.1) is 0 Å². The van der Waals surface area contributed by atoms with Crippen LogP contribution in [0, 0.1) is 6.92 Å². The number of amides is 1. The van der Waals surface area contributed by atoms with Crippen LogP contribution in [0.3, 0.4) is 0 Å². The number of carbonyl (C=O) groups is 2. The molecule has 7 nitrogen and oxygen atoms in total. The number of hydrogen-bond acceptors (Lipinski definition) is 3. The van der Waals surface area contributed by atoms with Crippen LogP contribution in [0.4, 0.5) is 5.69 Å². The summed E-state index contributed by atoms with van der Waals surface area (Å²) >= 11 is 0. The van der Waals surface area contributed by atoms with Gasteiger partial charge in [-0.25, -0.2) is 4.68 Å². The van der Waals surface area contributed by atoms with Gasteiger partial charge in [0.1, 0.15) is 5.69 Å². The zero-order valence-corrected chi connectivity index (χ0v) is 15.5. The van der Waals surface area contributed by atoms with E-state index in [0.29, 0.717) is 11.3 Å². The van der Waals surface area contributed by atoms with Gasteiger partial charge in [0.25, 0.3) is 11.5 Å². The van der Waals surface area contributed by atoms with E-state index in [0.717, 1.165) is 5.69 Å². The summed E-state index contributed by atoms with van der Waals surface area (Å²) in [4.78, 5) is 36.7. The van der Waals surface area contributed by atoms with Crippen molar-refractivity contribution in [2.45, 2.75) is 20.4 Å². The van der Waals surface area contributed by atoms with Gasteiger partial charge in [0.05, 0.1) is 16.9 Å². The Balaban J connectivity index is 1.86. The Morgan fingerprint density at radius 3 is 2.48 bits per heavy atom. The van der Waals surface area contributed by atoms with E-state index in [-0.39, 0.29) is 29.5 Å². The SMILES string of the molecule is CC(=O)c1ccc[n+](CC(=O)Nc2c(C)n(C)n(-c3ccccc3)c2=O)c1. The summed E-state index contributed by atoms with van der Waals surface area (Å²) in [6.07, 6.45) is 3.31. The van der Waals surface area contributed by atoms with Crippen molar-refractivity contribution in [3.63, 3.8) is 0 Å². The summed E-state index contributed by atoms with van der Waals surface area (Å²) in [7, 11) is 1.77. The molecule has 0 fully saturated rings. The maximum absolute atomic E-state index is 12.8. The van der Waals surface area contributed by atoms with Crippen LogP contribution >= 0.6 is 0 Å². The fraction of sp³-hybridized carbons (Fsp3) is 0.200. The van der Waals surface area contributed by atoms with E-state index >= 15 is 0 Å². The van der Waals surface area contributed by atoms with E-state index in [1.54, 1.807) is 47.7 Å². The molecule has 0 aliphatic carbocycles. The first-order valence-electron chi connectivity index (χ1n) is 8.52. The van der Waals surface area contributed by atoms with Crippen molar-refractivity contribution in [3.8, 4) is 5.69 Å². The lowest BCUT2D eigenvalue weighted by Crippen LogP contribution is -2.40. The second-order valence-corrected chi connectivity index (χ2v) is 6.31. The van der Waals surface area contributed by atoms with Crippen LogP contribution in [-0.2, 0) is 18.4 Å². The zero-order valence-electron chi connectivity index (χ0n) is 15.5.